The number of rotatable bonds is 1. The van der Waals surface area contributed by atoms with Crippen LogP contribution in [0.4, 0.5) is 11.4 Å². The van der Waals surface area contributed by atoms with Crippen LogP contribution in [0.15, 0.2) is 12.1 Å². The number of aryl methyl sites for hydroxylation is 1. The lowest BCUT2D eigenvalue weighted by Gasteiger charge is -2.29. The smallest absolute Gasteiger partial charge is 0.121 e. The summed E-state index contributed by atoms with van der Waals surface area (Å²) in [6.07, 6.45) is 2.29. The van der Waals surface area contributed by atoms with E-state index < -0.39 is 0 Å². The average molecular weight is 192 g/mol. The molecule has 0 saturated heterocycles. The first-order valence-corrected chi connectivity index (χ1v) is 4.90. The molecule has 0 unspecified atom stereocenters. The van der Waals surface area contributed by atoms with E-state index in [0.717, 1.165) is 24.4 Å². The van der Waals surface area contributed by atoms with Gasteiger partial charge in [-0.25, -0.2) is 0 Å². The number of anilines is 2. The van der Waals surface area contributed by atoms with Crippen molar-refractivity contribution in [3.05, 3.63) is 17.7 Å². The lowest BCUT2D eigenvalue weighted by atomic mass is 10.0. The molecule has 0 spiro atoms. The second-order valence-corrected chi connectivity index (χ2v) is 3.75. The van der Waals surface area contributed by atoms with Crippen LogP contribution in [0.5, 0.6) is 5.75 Å². The first kappa shape index (κ1) is 9.19. The van der Waals surface area contributed by atoms with Crippen LogP contribution in [-0.4, -0.2) is 20.7 Å². The molecule has 0 amide bonds. The predicted octanol–water partition coefficient (Wildman–Crippen LogP) is 1.66. The van der Waals surface area contributed by atoms with Gasteiger partial charge in [-0.2, -0.15) is 0 Å². The summed E-state index contributed by atoms with van der Waals surface area (Å²) in [5, 5.41) is 0. The van der Waals surface area contributed by atoms with Gasteiger partial charge in [-0.3, -0.25) is 0 Å². The molecule has 1 aliphatic heterocycles. The maximum Gasteiger partial charge on any atom is 0.121 e. The summed E-state index contributed by atoms with van der Waals surface area (Å²) >= 11 is 0. The molecule has 1 aromatic carbocycles. The van der Waals surface area contributed by atoms with Crippen molar-refractivity contribution in [3.63, 3.8) is 0 Å². The third-order valence-electron chi connectivity index (χ3n) is 2.75. The van der Waals surface area contributed by atoms with Crippen LogP contribution in [0.25, 0.3) is 0 Å². The van der Waals surface area contributed by atoms with Crippen LogP contribution >= 0.6 is 0 Å². The van der Waals surface area contributed by atoms with Crippen molar-refractivity contribution in [1.29, 1.82) is 0 Å². The maximum absolute atomic E-state index is 5.99. The van der Waals surface area contributed by atoms with Crippen molar-refractivity contribution < 1.29 is 4.74 Å². The number of methoxy groups -OCH3 is 1. The van der Waals surface area contributed by atoms with Crippen molar-refractivity contribution >= 4 is 11.4 Å². The largest absolute Gasteiger partial charge is 0.497 e. The van der Waals surface area contributed by atoms with Gasteiger partial charge in [0.1, 0.15) is 5.75 Å². The molecule has 0 aliphatic carbocycles. The zero-order valence-electron chi connectivity index (χ0n) is 8.71. The summed E-state index contributed by atoms with van der Waals surface area (Å²) in [5.74, 6) is 0.858. The second kappa shape index (κ2) is 3.40. The molecule has 76 valence electrons. The average Bonchev–Trinajstić information content (AvgIpc) is 2.17. The number of nitrogen functional groups attached to an aromatic ring is 1. The van der Waals surface area contributed by atoms with Crippen LogP contribution in [0.3, 0.4) is 0 Å². The van der Waals surface area contributed by atoms with Gasteiger partial charge in [0, 0.05) is 19.7 Å². The molecule has 0 atom stereocenters. The van der Waals surface area contributed by atoms with Gasteiger partial charge in [0.05, 0.1) is 18.5 Å². The van der Waals surface area contributed by atoms with Crippen molar-refractivity contribution in [1.82, 2.24) is 0 Å². The van der Waals surface area contributed by atoms with Gasteiger partial charge in [-0.15, -0.1) is 0 Å². The van der Waals surface area contributed by atoms with Crippen LogP contribution in [0.1, 0.15) is 12.0 Å². The molecule has 0 bridgehead atoms. The Morgan fingerprint density at radius 2 is 2.21 bits per heavy atom. The van der Waals surface area contributed by atoms with Crippen molar-refractivity contribution in [3.8, 4) is 5.75 Å². The van der Waals surface area contributed by atoms with E-state index in [2.05, 4.69) is 18.0 Å². The van der Waals surface area contributed by atoms with Gasteiger partial charge in [-0.05, 0) is 24.5 Å². The first-order valence-electron chi connectivity index (χ1n) is 4.90. The topological polar surface area (TPSA) is 38.5 Å². The Balaban J connectivity index is 2.51. The highest BCUT2D eigenvalue weighted by Crippen LogP contribution is 2.35. The molecule has 14 heavy (non-hydrogen) atoms. The van der Waals surface area contributed by atoms with Crippen molar-refractivity contribution in [2.24, 2.45) is 0 Å². The summed E-state index contributed by atoms with van der Waals surface area (Å²) < 4.78 is 5.20. The van der Waals surface area contributed by atoms with Crippen LogP contribution in [-0.2, 0) is 6.42 Å². The molecular formula is C11H16N2O. The highest BCUT2D eigenvalue weighted by Gasteiger charge is 2.17. The minimum Gasteiger partial charge on any atom is -0.497 e. The van der Waals surface area contributed by atoms with Gasteiger partial charge in [0.15, 0.2) is 0 Å². The molecule has 2 rings (SSSR count). The minimum atomic E-state index is 0.821. The van der Waals surface area contributed by atoms with E-state index in [9.17, 15) is 0 Å². The standard InChI is InChI=1S/C11H16N2O/c1-13-5-3-4-8-6-9(14-2)7-10(12)11(8)13/h6-7H,3-5,12H2,1-2H3. The minimum absolute atomic E-state index is 0.821. The maximum atomic E-state index is 5.99. The molecule has 0 saturated carbocycles. The zero-order chi connectivity index (χ0) is 10.1. The van der Waals surface area contributed by atoms with E-state index in [0.29, 0.717) is 0 Å². The number of hydrogen-bond acceptors (Lipinski definition) is 3. The normalized spacial score (nSPS) is 15.1. The van der Waals surface area contributed by atoms with E-state index in [1.165, 1.54) is 17.7 Å². The SMILES string of the molecule is COc1cc(N)c2c(c1)CCCN2C. The molecule has 0 aromatic heterocycles. The molecule has 1 aliphatic rings. The molecular weight excluding hydrogens is 176 g/mol. The number of fused-ring (bicyclic) bond motifs is 1. The fourth-order valence-corrected chi connectivity index (χ4v) is 2.08. The number of nitrogens with zero attached hydrogens (tertiary/aromatic N) is 1. The van der Waals surface area contributed by atoms with Crippen LogP contribution in [0, 0.1) is 0 Å². The van der Waals surface area contributed by atoms with E-state index >= 15 is 0 Å². The zero-order valence-corrected chi connectivity index (χ0v) is 8.71. The molecule has 0 radical (unpaired) electrons. The number of nitrogens with two attached hydrogens (primary N) is 1. The van der Waals surface area contributed by atoms with Crippen molar-refractivity contribution in [2.75, 3.05) is 31.3 Å². The van der Waals surface area contributed by atoms with Crippen LogP contribution in [0.2, 0.25) is 0 Å². The highest BCUT2D eigenvalue weighted by atomic mass is 16.5. The van der Waals surface area contributed by atoms with Gasteiger partial charge >= 0.3 is 0 Å². The summed E-state index contributed by atoms with van der Waals surface area (Å²) in [6.45, 7) is 1.09. The fourth-order valence-electron chi connectivity index (χ4n) is 2.08. The quantitative estimate of drug-likeness (QED) is 0.688. The summed E-state index contributed by atoms with van der Waals surface area (Å²) in [4.78, 5) is 2.22. The molecule has 2 N–H and O–H groups in total. The van der Waals surface area contributed by atoms with Gasteiger partial charge < -0.3 is 15.4 Å². The molecule has 1 aromatic rings. The van der Waals surface area contributed by atoms with E-state index in [4.69, 9.17) is 10.5 Å². The monoisotopic (exact) mass is 192 g/mol. The van der Waals surface area contributed by atoms with Crippen LogP contribution < -0.4 is 15.4 Å². The fraction of sp³-hybridized carbons (Fsp3) is 0.455. The van der Waals surface area contributed by atoms with E-state index in [1.54, 1.807) is 7.11 Å². The van der Waals surface area contributed by atoms with E-state index in [-0.39, 0.29) is 0 Å². The molecule has 0 fully saturated rings. The molecule has 1 heterocycles. The lowest BCUT2D eigenvalue weighted by Crippen LogP contribution is -2.25. The summed E-state index contributed by atoms with van der Waals surface area (Å²) in [6, 6.07) is 3.97. The Kier molecular flexibility index (Phi) is 2.23. The van der Waals surface area contributed by atoms with E-state index in [1.807, 2.05) is 6.07 Å². The first-order chi connectivity index (χ1) is 6.72. The summed E-state index contributed by atoms with van der Waals surface area (Å²) in [5.41, 5.74) is 9.29. The third-order valence-corrected chi connectivity index (χ3v) is 2.75. The number of hydrogen-bond donors (Lipinski definition) is 1. The number of benzene rings is 1. The Morgan fingerprint density at radius 1 is 1.43 bits per heavy atom. The summed E-state index contributed by atoms with van der Waals surface area (Å²) in [7, 11) is 3.76. The third kappa shape index (κ3) is 1.39. The highest BCUT2D eigenvalue weighted by molar-refractivity contribution is 5.74. The predicted molar refractivity (Wildman–Crippen MR) is 59.0 cm³/mol. The van der Waals surface area contributed by atoms with Crippen molar-refractivity contribution in [2.45, 2.75) is 12.8 Å². The van der Waals surface area contributed by atoms with Gasteiger partial charge in [0.25, 0.3) is 0 Å². The Morgan fingerprint density at radius 3 is 2.93 bits per heavy atom. The Hall–Kier alpha value is -1.38. The molecule has 3 heteroatoms. The Labute approximate surface area is 84.5 Å². The van der Waals surface area contributed by atoms with Gasteiger partial charge in [-0.1, -0.05) is 0 Å². The second-order valence-electron chi connectivity index (χ2n) is 3.75. The lowest BCUT2D eigenvalue weighted by molar-refractivity contribution is 0.414. The molecule has 3 nitrogen and oxygen atoms in total. The number of ether oxygens (including phenoxy) is 1. The Bertz CT molecular complexity index is 349. The van der Waals surface area contributed by atoms with Gasteiger partial charge in [0.2, 0.25) is 0 Å².